The van der Waals surface area contributed by atoms with Gasteiger partial charge >= 0.3 is 12.1 Å². The van der Waals surface area contributed by atoms with Crippen molar-refractivity contribution in [2.75, 3.05) is 6.54 Å². The highest BCUT2D eigenvalue weighted by Gasteiger charge is 2.47. The quantitative estimate of drug-likeness (QED) is 0.632. The van der Waals surface area contributed by atoms with Gasteiger partial charge in [0.1, 0.15) is 11.6 Å². The third-order valence-electron chi connectivity index (χ3n) is 4.89. The van der Waals surface area contributed by atoms with Gasteiger partial charge < -0.3 is 24.6 Å². The number of aryl methyl sites for hydroxylation is 1. The summed E-state index contributed by atoms with van der Waals surface area (Å²) in [6, 6.07) is -1.28. The number of nitrogens with zero attached hydrogens (tertiary/aromatic N) is 3. The van der Waals surface area contributed by atoms with Crippen molar-refractivity contribution in [3.63, 3.8) is 0 Å². The molecule has 0 aromatic carbocycles. The fraction of sp³-hybridized carbons (Fsp3) is 0.762. The topological polar surface area (TPSA) is 135 Å². The maximum atomic E-state index is 13.6. The van der Waals surface area contributed by atoms with Gasteiger partial charge in [0.2, 0.25) is 11.8 Å². The van der Waals surface area contributed by atoms with Crippen LogP contribution in [0.4, 0.5) is 4.79 Å². The molecule has 2 N–H and O–H groups in total. The monoisotopic (exact) mass is 438 g/mol. The SMILES string of the molecule is Cc1nc(CCN(C(=O)C(NC(=O)OC(C)(C)C)[C@@H](C(=O)O)C(C)(C)C)C2CC2)no1. The van der Waals surface area contributed by atoms with E-state index in [0.29, 0.717) is 24.7 Å². The molecule has 0 aliphatic heterocycles. The van der Waals surface area contributed by atoms with E-state index in [4.69, 9.17) is 9.26 Å². The lowest BCUT2D eigenvalue weighted by molar-refractivity contribution is -0.152. The first-order valence-electron chi connectivity index (χ1n) is 10.5. The zero-order chi connectivity index (χ0) is 23.6. The van der Waals surface area contributed by atoms with Gasteiger partial charge in [-0.1, -0.05) is 25.9 Å². The molecule has 2 amide bonds. The molecular formula is C21H34N4O6. The Morgan fingerprint density at radius 1 is 1.23 bits per heavy atom. The lowest BCUT2D eigenvalue weighted by Gasteiger charge is -2.36. The Morgan fingerprint density at radius 3 is 2.26 bits per heavy atom. The van der Waals surface area contributed by atoms with Gasteiger partial charge in [-0.3, -0.25) is 9.59 Å². The Labute approximate surface area is 182 Å². The molecule has 2 atom stereocenters. The number of aliphatic carboxylic acids is 1. The molecular weight excluding hydrogens is 404 g/mol. The summed E-state index contributed by atoms with van der Waals surface area (Å²) in [5.74, 6) is -1.86. The molecule has 1 heterocycles. The van der Waals surface area contributed by atoms with Crippen molar-refractivity contribution in [3.05, 3.63) is 11.7 Å². The number of aromatic nitrogens is 2. The second kappa shape index (κ2) is 9.23. The third kappa shape index (κ3) is 7.22. The molecule has 1 fully saturated rings. The summed E-state index contributed by atoms with van der Waals surface area (Å²) in [7, 11) is 0. The van der Waals surface area contributed by atoms with Crippen LogP contribution < -0.4 is 5.32 Å². The molecule has 174 valence electrons. The number of carbonyl (C=O) groups is 3. The second-order valence-corrected chi connectivity index (χ2v) is 10.0. The van der Waals surface area contributed by atoms with Crippen molar-refractivity contribution in [1.82, 2.24) is 20.4 Å². The summed E-state index contributed by atoms with van der Waals surface area (Å²) < 4.78 is 10.3. The predicted molar refractivity (Wildman–Crippen MR) is 111 cm³/mol. The number of hydrogen-bond donors (Lipinski definition) is 2. The highest BCUT2D eigenvalue weighted by Crippen LogP contribution is 2.33. The molecule has 1 aliphatic rings. The number of carbonyl (C=O) groups excluding carboxylic acids is 2. The first kappa shape index (κ1) is 24.6. The Kier molecular flexibility index (Phi) is 7.33. The van der Waals surface area contributed by atoms with Crippen molar-refractivity contribution < 1.29 is 28.8 Å². The zero-order valence-corrected chi connectivity index (χ0v) is 19.4. The minimum absolute atomic E-state index is 0.00199. The highest BCUT2D eigenvalue weighted by atomic mass is 16.6. The third-order valence-corrected chi connectivity index (χ3v) is 4.89. The van der Waals surface area contributed by atoms with Crippen molar-refractivity contribution in [3.8, 4) is 0 Å². The van der Waals surface area contributed by atoms with Crippen LogP contribution >= 0.6 is 0 Å². The van der Waals surface area contributed by atoms with Gasteiger partial charge in [-0.2, -0.15) is 4.98 Å². The average molecular weight is 439 g/mol. The van der Waals surface area contributed by atoms with E-state index in [2.05, 4.69) is 15.5 Å². The number of amides is 2. The van der Waals surface area contributed by atoms with Crippen LogP contribution in [0.3, 0.4) is 0 Å². The van der Waals surface area contributed by atoms with Crippen LogP contribution in [-0.2, 0) is 20.7 Å². The fourth-order valence-electron chi connectivity index (χ4n) is 3.44. The van der Waals surface area contributed by atoms with Crippen molar-refractivity contribution >= 4 is 18.0 Å². The Bertz CT molecular complexity index is 804. The molecule has 0 radical (unpaired) electrons. The van der Waals surface area contributed by atoms with E-state index in [1.165, 1.54) is 0 Å². The summed E-state index contributed by atoms with van der Waals surface area (Å²) >= 11 is 0. The van der Waals surface area contributed by atoms with Crippen molar-refractivity contribution in [2.24, 2.45) is 11.3 Å². The van der Waals surface area contributed by atoms with Gasteiger partial charge in [-0.15, -0.1) is 0 Å². The normalized spacial score (nSPS) is 16.4. The predicted octanol–water partition coefficient (Wildman–Crippen LogP) is 2.55. The van der Waals surface area contributed by atoms with Crippen LogP contribution in [0.15, 0.2) is 4.52 Å². The Balaban J connectivity index is 2.28. The van der Waals surface area contributed by atoms with Gasteiger partial charge in [-0.05, 0) is 39.0 Å². The van der Waals surface area contributed by atoms with Crippen LogP contribution in [0.2, 0.25) is 0 Å². The van der Waals surface area contributed by atoms with Gasteiger partial charge in [0.05, 0.1) is 5.92 Å². The highest BCUT2D eigenvalue weighted by molar-refractivity contribution is 5.91. The zero-order valence-electron chi connectivity index (χ0n) is 19.4. The standard InChI is InChI=1S/C21H34N4O6/c1-12-22-14(24-31-12)10-11-25(13-8-9-13)17(26)16(15(18(27)28)20(2,3)4)23-19(29)30-21(5,6)7/h13,15-16H,8-11H2,1-7H3,(H,23,29)(H,27,28)/t15-,16?/m0/s1. The van der Waals surface area contributed by atoms with Gasteiger partial charge in [0.15, 0.2) is 5.82 Å². The van der Waals surface area contributed by atoms with Crippen LogP contribution in [0.5, 0.6) is 0 Å². The van der Waals surface area contributed by atoms with Crippen LogP contribution in [-0.4, -0.2) is 62.3 Å². The van der Waals surface area contributed by atoms with E-state index in [1.54, 1.807) is 53.4 Å². The van der Waals surface area contributed by atoms with Gasteiger partial charge in [0.25, 0.3) is 0 Å². The Hall–Kier alpha value is -2.65. The van der Waals surface area contributed by atoms with E-state index in [0.717, 1.165) is 12.8 Å². The number of hydrogen-bond acceptors (Lipinski definition) is 7. The lowest BCUT2D eigenvalue weighted by Crippen LogP contribution is -2.58. The van der Waals surface area contributed by atoms with Crippen LogP contribution in [0.25, 0.3) is 0 Å². The van der Waals surface area contributed by atoms with Gasteiger partial charge in [-0.25, -0.2) is 4.79 Å². The number of carboxylic acids is 1. The van der Waals surface area contributed by atoms with E-state index in [-0.39, 0.29) is 6.04 Å². The smallest absolute Gasteiger partial charge is 0.408 e. The van der Waals surface area contributed by atoms with Crippen molar-refractivity contribution in [1.29, 1.82) is 0 Å². The minimum Gasteiger partial charge on any atom is -0.481 e. The van der Waals surface area contributed by atoms with Gasteiger partial charge in [0, 0.05) is 25.9 Å². The number of nitrogens with one attached hydrogen (secondary N) is 1. The van der Waals surface area contributed by atoms with Crippen LogP contribution in [0, 0.1) is 18.3 Å². The van der Waals surface area contributed by atoms with E-state index < -0.39 is 40.9 Å². The molecule has 0 spiro atoms. The molecule has 2 rings (SSSR count). The molecule has 31 heavy (non-hydrogen) atoms. The molecule has 1 aliphatic carbocycles. The molecule has 1 unspecified atom stereocenters. The Morgan fingerprint density at radius 2 is 1.84 bits per heavy atom. The van der Waals surface area contributed by atoms with Crippen molar-refractivity contribution in [2.45, 2.75) is 85.4 Å². The summed E-state index contributed by atoms with van der Waals surface area (Å²) in [6.45, 7) is 12.3. The van der Waals surface area contributed by atoms with Crippen LogP contribution in [0.1, 0.15) is 66.1 Å². The minimum atomic E-state index is -1.28. The maximum absolute atomic E-state index is 13.6. The summed E-state index contributed by atoms with van der Waals surface area (Å²) in [4.78, 5) is 44.0. The number of carboxylic acid groups (broad SMARTS) is 1. The molecule has 10 nitrogen and oxygen atoms in total. The first-order valence-corrected chi connectivity index (χ1v) is 10.5. The molecule has 1 aromatic heterocycles. The molecule has 10 heteroatoms. The molecule has 1 saturated carbocycles. The molecule has 0 saturated heterocycles. The number of ether oxygens (including phenoxy) is 1. The maximum Gasteiger partial charge on any atom is 0.408 e. The molecule has 0 bridgehead atoms. The summed E-state index contributed by atoms with van der Waals surface area (Å²) in [6.07, 6.45) is 1.18. The molecule has 1 aromatic rings. The average Bonchev–Trinajstić information content (AvgIpc) is 3.32. The fourth-order valence-corrected chi connectivity index (χ4v) is 3.44. The summed E-state index contributed by atoms with van der Waals surface area (Å²) in [5, 5.41) is 16.3. The second-order valence-electron chi connectivity index (χ2n) is 10.0. The summed E-state index contributed by atoms with van der Waals surface area (Å²) in [5.41, 5.74) is -1.58. The van der Waals surface area contributed by atoms with E-state index in [9.17, 15) is 19.5 Å². The number of alkyl carbamates (subject to hydrolysis) is 1. The number of rotatable bonds is 8. The van der Waals surface area contributed by atoms with E-state index in [1.807, 2.05) is 0 Å². The first-order chi connectivity index (χ1) is 14.2. The lowest BCUT2D eigenvalue weighted by atomic mass is 9.75. The van der Waals surface area contributed by atoms with E-state index >= 15 is 0 Å². The largest absolute Gasteiger partial charge is 0.481 e.